The average Bonchev–Trinajstić information content (AvgIpc) is 2.85. The third kappa shape index (κ3) is 3.26. The van der Waals surface area contributed by atoms with Gasteiger partial charge < -0.3 is 10.1 Å². The minimum Gasteiger partial charge on any atom is -0.496 e. The number of rotatable bonds is 5. The van der Waals surface area contributed by atoms with Gasteiger partial charge in [-0.1, -0.05) is 6.07 Å². The van der Waals surface area contributed by atoms with Gasteiger partial charge in [0.1, 0.15) is 5.75 Å². The molecule has 0 radical (unpaired) electrons. The van der Waals surface area contributed by atoms with Crippen LogP contribution in [-0.4, -0.2) is 22.8 Å². The fourth-order valence-electron chi connectivity index (χ4n) is 2.18. The van der Waals surface area contributed by atoms with E-state index in [-0.39, 0.29) is 5.91 Å². The van der Waals surface area contributed by atoms with Gasteiger partial charge in [0.2, 0.25) is 0 Å². The van der Waals surface area contributed by atoms with E-state index in [0.717, 1.165) is 22.3 Å². The zero-order chi connectivity index (χ0) is 15.4. The first-order chi connectivity index (χ1) is 10.1. The standard InChI is InChI=1S/C15H18BrN3O2/c1-4-19-13(12(16)8-18-19)9-17-15(20)11-6-5-7-14(21-3)10(11)2/h5-8H,4,9H2,1-3H3,(H,17,20). The lowest BCUT2D eigenvalue weighted by molar-refractivity contribution is 0.0949. The molecule has 0 atom stereocenters. The number of hydrogen-bond acceptors (Lipinski definition) is 3. The first kappa shape index (κ1) is 15.6. The van der Waals surface area contributed by atoms with Crippen LogP contribution < -0.4 is 10.1 Å². The molecular weight excluding hydrogens is 334 g/mol. The summed E-state index contributed by atoms with van der Waals surface area (Å²) in [5.41, 5.74) is 2.40. The zero-order valence-electron chi connectivity index (χ0n) is 12.3. The molecule has 0 aliphatic rings. The minimum atomic E-state index is -0.123. The van der Waals surface area contributed by atoms with Crippen LogP contribution in [0.15, 0.2) is 28.9 Å². The number of halogens is 1. The van der Waals surface area contributed by atoms with E-state index in [9.17, 15) is 4.79 Å². The molecule has 2 rings (SSSR count). The second kappa shape index (κ2) is 6.76. The molecule has 0 spiro atoms. The fourth-order valence-corrected chi connectivity index (χ4v) is 2.61. The van der Waals surface area contributed by atoms with E-state index in [1.807, 2.05) is 30.7 Å². The highest BCUT2D eigenvalue weighted by atomic mass is 79.9. The summed E-state index contributed by atoms with van der Waals surface area (Å²) in [7, 11) is 1.60. The number of methoxy groups -OCH3 is 1. The molecule has 1 amide bonds. The van der Waals surface area contributed by atoms with Gasteiger partial charge in [0.05, 0.1) is 30.0 Å². The van der Waals surface area contributed by atoms with Gasteiger partial charge in [-0.05, 0) is 41.9 Å². The summed E-state index contributed by atoms with van der Waals surface area (Å²) < 4.78 is 7.99. The molecule has 0 unspecified atom stereocenters. The van der Waals surface area contributed by atoms with Crippen molar-refractivity contribution < 1.29 is 9.53 Å². The first-order valence-electron chi connectivity index (χ1n) is 6.70. The summed E-state index contributed by atoms with van der Waals surface area (Å²) in [5, 5.41) is 7.15. The van der Waals surface area contributed by atoms with Gasteiger partial charge in [-0.3, -0.25) is 9.48 Å². The summed E-state index contributed by atoms with van der Waals surface area (Å²) >= 11 is 3.45. The van der Waals surface area contributed by atoms with Gasteiger partial charge in [0, 0.05) is 17.7 Å². The molecule has 5 nitrogen and oxygen atoms in total. The van der Waals surface area contributed by atoms with Crippen LogP contribution in [0.1, 0.15) is 28.5 Å². The minimum absolute atomic E-state index is 0.123. The largest absolute Gasteiger partial charge is 0.496 e. The van der Waals surface area contributed by atoms with Crippen LogP contribution >= 0.6 is 15.9 Å². The lowest BCUT2D eigenvalue weighted by Gasteiger charge is -2.11. The number of benzene rings is 1. The number of aromatic nitrogens is 2. The SMILES string of the molecule is CCn1ncc(Br)c1CNC(=O)c1cccc(OC)c1C. The summed E-state index contributed by atoms with van der Waals surface area (Å²) in [5.74, 6) is 0.588. The maximum Gasteiger partial charge on any atom is 0.252 e. The predicted octanol–water partition coefficient (Wildman–Crippen LogP) is 2.91. The molecule has 0 saturated carbocycles. The van der Waals surface area contributed by atoms with Crippen LogP contribution in [0.2, 0.25) is 0 Å². The van der Waals surface area contributed by atoms with Crippen molar-refractivity contribution >= 4 is 21.8 Å². The Bertz CT molecular complexity index is 652. The molecule has 0 fully saturated rings. The molecule has 1 aromatic carbocycles. The van der Waals surface area contributed by atoms with Crippen molar-refractivity contribution in [1.29, 1.82) is 0 Å². The molecule has 1 aromatic heterocycles. The number of hydrogen-bond donors (Lipinski definition) is 1. The highest BCUT2D eigenvalue weighted by Crippen LogP contribution is 2.21. The van der Waals surface area contributed by atoms with E-state index in [4.69, 9.17) is 4.74 Å². The number of ether oxygens (including phenoxy) is 1. The monoisotopic (exact) mass is 351 g/mol. The molecule has 0 saturated heterocycles. The molecule has 6 heteroatoms. The Morgan fingerprint density at radius 1 is 1.48 bits per heavy atom. The second-order valence-corrected chi connectivity index (χ2v) is 5.42. The topological polar surface area (TPSA) is 56.2 Å². The van der Waals surface area contributed by atoms with Gasteiger partial charge >= 0.3 is 0 Å². The highest BCUT2D eigenvalue weighted by molar-refractivity contribution is 9.10. The second-order valence-electron chi connectivity index (χ2n) is 4.57. The van der Waals surface area contributed by atoms with Gasteiger partial charge in [0.15, 0.2) is 0 Å². The zero-order valence-corrected chi connectivity index (χ0v) is 13.9. The van der Waals surface area contributed by atoms with Crippen molar-refractivity contribution in [2.24, 2.45) is 0 Å². The van der Waals surface area contributed by atoms with Crippen LogP contribution in [-0.2, 0) is 13.1 Å². The molecule has 21 heavy (non-hydrogen) atoms. The Balaban J connectivity index is 2.14. The van der Waals surface area contributed by atoms with Crippen LogP contribution in [0.4, 0.5) is 0 Å². The molecular formula is C15H18BrN3O2. The molecule has 0 bridgehead atoms. The summed E-state index contributed by atoms with van der Waals surface area (Å²) in [6, 6.07) is 5.45. The van der Waals surface area contributed by atoms with E-state index in [1.54, 1.807) is 19.4 Å². The van der Waals surface area contributed by atoms with E-state index in [2.05, 4.69) is 26.3 Å². The van der Waals surface area contributed by atoms with Crippen LogP contribution in [0.25, 0.3) is 0 Å². The van der Waals surface area contributed by atoms with Crippen LogP contribution in [0.3, 0.4) is 0 Å². The number of aryl methyl sites for hydroxylation is 1. The Labute approximate surface area is 132 Å². The maximum absolute atomic E-state index is 12.3. The van der Waals surface area contributed by atoms with Crippen molar-refractivity contribution in [2.75, 3.05) is 7.11 Å². The van der Waals surface area contributed by atoms with Gasteiger partial charge in [-0.25, -0.2) is 0 Å². The molecule has 1 heterocycles. The third-order valence-electron chi connectivity index (χ3n) is 3.36. The van der Waals surface area contributed by atoms with Crippen molar-refractivity contribution in [3.8, 4) is 5.75 Å². The first-order valence-corrected chi connectivity index (χ1v) is 7.49. The average molecular weight is 352 g/mol. The maximum atomic E-state index is 12.3. The Hall–Kier alpha value is -1.82. The van der Waals surface area contributed by atoms with Gasteiger partial charge in [0.25, 0.3) is 5.91 Å². The highest BCUT2D eigenvalue weighted by Gasteiger charge is 2.14. The van der Waals surface area contributed by atoms with Crippen molar-refractivity contribution in [2.45, 2.75) is 26.9 Å². The number of amides is 1. The van der Waals surface area contributed by atoms with Gasteiger partial charge in [-0.2, -0.15) is 5.10 Å². The van der Waals surface area contributed by atoms with Crippen LogP contribution in [0.5, 0.6) is 5.75 Å². The Morgan fingerprint density at radius 3 is 2.90 bits per heavy atom. The van der Waals surface area contributed by atoms with E-state index < -0.39 is 0 Å². The number of nitrogens with zero attached hydrogens (tertiary/aromatic N) is 2. The molecule has 1 N–H and O–H groups in total. The predicted molar refractivity (Wildman–Crippen MR) is 84.5 cm³/mol. The number of carbonyl (C=O) groups is 1. The van der Waals surface area contributed by atoms with E-state index in [1.165, 1.54) is 0 Å². The van der Waals surface area contributed by atoms with Crippen LogP contribution in [0, 0.1) is 6.92 Å². The van der Waals surface area contributed by atoms with Crippen molar-refractivity contribution in [1.82, 2.24) is 15.1 Å². The third-order valence-corrected chi connectivity index (χ3v) is 4.02. The molecule has 2 aromatic rings. The molecule has 0 aliphatic carbocycles. The summed E-state index contributed by atoms with van der Waals surface area (Å²) in [4.78, 5) is 12.3. The quantitative estimate of drug-likeness (QED) is 0.900. The van der Waals surface area contributed by atoms with Crippen molar-refractivity contribution in [3.05, 3.63) is 45.7 Å². The normalized spacial score (nSPS) is 10.5. The Morgan fingerprint density at radius 2 is 2.24 bits per heavy atom. The molecule has 112 valence electrons. The Kier molecular flexibility index (Phi) is 5.01. The number of nitrogens with one attached hydrogen (secondary N) is 1. The van der Waals surface area contributed by atoms with Crippen molar-refractivity contribution in [3.63, 3.8) is 0 Å². The van der Waals surface area contributed by atoms with Gasteiger partial charge in [-0.15, -0.1) is 0 Å². The smallest absolute Gasteiger partial charge is 0.252 e. The van der Waals surface area contributed by atoms with E-state index >= 15 is 0 Å². The number of carbonyl (C=O) groups excluding carboxylic acids is 1. The lowest BCUT2D eigenvalue weighted by atomic mass is 10.1. The summed E-state index contributed by atoms with van der Waals surface area (Å²) in [6.07, 6.45) is 1.74. The fraction of sp³-hybridized carbons (Fsp3) is 0.333. The summed E-state index contributed by atoms with van der Waals surface area (Å²) in [6.45, 7) is 5.07. The molecule has 0 aliphatic heterocycles. The lowest BCUT2D eigenvalue weighted by Crippen LogP contribution is -2.25. The van der Waals surface area contributed by atoms with E-state index in [0.29, 0.717) is 17.9 Å².